The zero-order valence-electron chi connectivity index (χ0n) is 8.14. The molecule has 0 spiro atoms. The highest BCUT2D eigenvalue weighted by molar-refractivity contribution is 5.28. The van der Waals surface area contributed by atoms with Crippen LogP contribution in [-0.4, -0.2) is 6.54 Å². The van der Waals surface area contributed by atoms with Crippen molar-refractivity contribution in [3.05, 3.63) is 35.4 Å². The predicted octanol–water partition coefficient (Wildman–Crippen LogP) is 2.50. The van der Waals surface area contributed by atoms with Crippen LogP contribution in [0.5, 0.6) is 0 Å². The summed E-state index contributed by atoms with van der Waals surface area (Å²) in [5.74, 6) is -1.63. The van der Waals surface area contributed by atoms with Crippen molar-refractivity contribution in [1.82, 2.24) is 0 Å². The Bertz CT molecular complexity index is 376. The molecule has 1 aliphatic rings. The van der Waals surface area contributed by atoms with Crippen molar-refractivity contribution in [2.75, 3.05) is 6.54 Å². The highest BCUT2D eigenvalue weighted by Gasteiger charge is 2.47. The van der Waals surface area contributed by atoms with E-state index in [1.807, 2.05) is 0 Å². The molecule has 0 saturated heterocycles. The minimum absolute atomic E-state index is 0.243. The number of rotatable bonds is 3. The lowest BCUT2D eigenvalue weighted by molar-refractivity contribution is 0.136. The first-order chi connectivity index (χ1) is 7.08. The van der Waals surface area contributed by atoms with Crippen molar-refractivity contribution >= 4 is 0 Å². The van der Waals surface area contributed by atoms with E-state index >= 15 is 0 Å². The van der Waals surface area contributed by atoms with Gasteiger partial charge in [-0.15, -0.1) is 0 Å². The van der Waals surface area contributed by atoms with Crippen LogP contribution in [0.1, 0.15) is 18.4 Å². The number of halogens is 3. The van der Waals surface area contributed by atoms with Crippen LogP contribution in [0.25, 0.3) is 0 Å². The molecule has 1 aliphatic carbocycles. The Labute approximate surface area is 86.1 Å². The van der Waals surface area contributed by atoms with E-state index in [2.05, 4.69) is 0 Å². The number of hydrogen-bond acceptors (Lipinski definition) is 1. The van der Waals surface area contributed by atoms with Gasteiger partial charge in [0.1, 0.15) is 11.6 Å². The topological polar surface area (TPSA) is 26.0 Å². The largest absolute Gasteiger partial charge is 0.327 e. The molecule has 0 heterocycles. The molecule has 1 saturated carbocycles. The molecule has 0 bridgehead atoms. The van der Waals surface area contributed by atoms with E-state index in [9.17, 15) is 13.2 Å². The van der Waals surface area contributed by atoms with E-state index in [4.69, 9.17) is 5.73 Å². The zero-order chi connectivity index (χ0) is 11.1. The molecule has 1 aromatic carbocycles. The molecule has 0 radical (unpaired) electrons. The molecular formula is C11H12F3N. The second kappa shape index (κ2) is 3.52. The van der Waals surface area contributed by atoms with Crippen molar-refractivity contribution in [2.45, 2.75) is 18.5 Å². The smallest absolute Gasteiger partial charge is 0.153 e. The summed E-state index contributed by atoms with van der Waals surface area (Å²) >= 11 is 0. The summed E-state index contributed by atoms with van der Waals surface area (Å²) in [6, 6.07) is 2.82. The first kappa shape index (κ1) is 10.5. The molecule has 1 nitrogen and oxygen atoms in total. The summed E-state index contributed by atoms with van der Waals surface area (Å²) in [5, 5.41) is 0. The highest BCUT2D eigenvalue weighted by atomic mass is 19.2. The molecule has 4 heteroatoms. The lowest BCUT2D eigenvalue weighted by atomic mass is 9.90. The summed E-state index contributed by atoms with van der Waals surface area (Å²) in [4.78, 5) is 0. The molecule has 1 aromatic rings. The Hall–Kier alpha value is -1.03. The van der Waals surface area contributed by atoms with Crippen molar-refractivity contribution in [3.8, 4) is 0 Å². The van der Waals surface area contributed by atoms with Crippen molar-refractivity contribution in [3.63, 3.8) is 0 Å². The highest BCUT2D eigenvalue weighted by Crippen LogP contribution is 2.48. The molecule has 2 rings (SSSR count). The lowest BCUT2D eigenvalue weighted by Gasteiger charge is -2.24. The third-order valence-corrected chi connectivity index (χ3v) is 2.90. The Balaban J connectivity index is 2.45. The fraction of sp³-hybridized carbons (Fsp3) is 0.455. The van der Waals surface area contributed by atoms with Crippen LogP contribution in [0.3, 0.4) is 0 Å². The quantitative estimate of drug-likeness (QED) is 0.823. The molecule has 0 aliphatic heterocycles. The molecule has 1 unspecified atom stereocenters. The van der Waals surface area contributed by atoms with Crippen LogP contribution >= 0.6 is 0 Å². The number of benzene rings is 1. The van der Waals surface area contributed by atoms with Gasteiger partial charge in [-0.25, -0.2) is 13.2 Å². The fourth-order valence-corrected chi connectivity index (χ4v) is 1.85. The van der Waals surface area contributed by atoms with Crippen LogP contribution < -0.4 is 5.73 Å². The molecule has 1 fully saturated rings. The Kier molecular flexibility index (Phi) is 2.46. The van der Waals surface area contributed by atoms with Crippen LogP contribution in [-0.2, 0) is 5.67 Å². The molecule has 2 N–H and O–H groups in total. The van der Waals surface area contributed by atoms with Crippen LogP contribution in [0, 0.1) is 17.6 Å². The summed E-state index contributed by atoms with van der Waals surface area (Å²) in [6.45, 7) is -0.308. The lowest BCUT2D eigenvalue weighted by Crippen LogP contribution is -2.33. The van der Waals surface area contributed by atoms with Gasteiger partial charge in [-0.3, -0.25) is 0 Å². The van der Waals surface area contributed by atoms with E-state index in [0.717, 1.165) is 18.2 Å². The maximum atomic E-state index is 14.3. The Morgan fingerprint density at radius 1 is 1.33 bits per heavy atom. The van der Waals surface area contributed by atoms with Crippen LogP contribution in [0.4, 0.5) is 13.2 Å². The van der Waals surface area contributed by atoms with Gasteiger partial charge in [-0.05, 0) is 37.0 Å². The van der Waals surface area contributed by atoms with E-state index < -0.39 is 17.3 Å². The van der Waals surface area contributed by atoms with Gasteiger partial charge in [0.15, 0.2) is 5.67 Å². The van der Waals surface area contributed by atoms with Crippen molar-refractivity contribution < 1.29 is 13.2 Å². The average Bonchev–Trinajstić information content (AvgIpc) is 3.04. The van der Waals surface area contributed by atoms with Gasteiger partial charge < -0.3 is 5.73 Å². The molecule has 15 heavy (non-hydrogen) atoms. The van der Waals surface area contributed by atoms with E-state index in [1.54, 1.807) is 0 Å². The van der Waals surface area contributed by atoms with Gasteiger partial charge in [-0.1, -0.05) is 0 Å². The van der Waals surface area contributed by atoms with Gasteiger partial charge >= 0.3 is 0 Å². The van der Waals surface area contributed by atoms with Crippen molar-refractivity contribution in [1.29, 1.82) is 0 Å². The predicted molar refractivity (Wildman–Crippen MR) is 50.9 cm³/mol. The van der Waals surface area contributed by atoms with E-state index in [0.29, 0.717) is 12.8 Å². The van der Waals surface area contributed by atoms with Gasteiger partial charge in [0, 0.05) is 12.1 Å². The second-order valence-corrected chi connectivity index (χ2v) is 3.97. The van der Waals surface area contributed by atoms with Crippen LogP contribution in [0.2, 0.25) is 0 Å². The standard InChI is InChI=1S/C11H12F3N/c12-8-3-4-10(13)9(5-8)11(14,6-15)7-1-2-7/h3-5,7H,1-2,6,15H2. The summed E-state index contributed by atoms with van der Waals surface area (Å²) < 4.78 is 40.6. The molecule has 0 amide bonds. The monoisotopic (exact) mass is 215 g/mol. The van der Waals surface area contributed by atoms with Gasteiger partial charge in [0.25, 0.3) is 0 Å². The maximum absolute atomic E-state index is 14.3. The summed E-state index contributed by atoms with van der Waals surface area (Å²) in [5.41, 5.74) is 3.18. The number of hydrogen-bond donors (Lipinski definition) is 1. The van der Waals surface area contributed by atoms with E-state index in [-0.39, 0.29) is 18.0 Å². The number of nitrogens with two attached hydrogens (primary N) is 1. The SMILES string of the molecule is NCC(F)(c1cc(F)ccc1F)C1CC1. The van der Waals surface area contributed by atoms with E-state index in [1.165, 1.54) is 0 Å². The van der Waals surface area contributed by atoms with Crippen molar-refractivity contribution in [2.24, 2.45) is 11.7 Å². The fourth-order valence-electron chi connectivity index (χ4n) is 1.85. The normalized spacial score (nSPS) is 20.0. The first-order valence-corrected chi connectivity index (χ1v) is 4.92. The third kappa shape index (κ3) is 1.74. The van der Waals surface area contributed by atoms with Crippen LogP contribution in [0.15, 0.2) is 18.2 Å². The second-order valence-electron chi connectivity index (χ2n) is 3.97. The first-order valence-electron chi connectivity index (χ1n) is 4.92. The Morgan fingerprint density at radius 2 is 2.00 bits per heavy atom. The molecule has 1 atom stereocenters. The zero-order valence-corrected chi connectivity index (χ0v) is 8.14. The average molecular weight is 215 g/mol. The molecule has 82 valence electrons. The minimum atomic E-state index is -1.91. The molecule has 0 aromatic heterocycles. The summed E-state index contributed by atoms with van der Waals surface area (Å²) in [6.07, 6.45) is 1.37. The number of alkyl halides is 1. The Morgan fingerprint density at radius 3 is 2.53 bits per heavy atom. The minimum Gasteiger partial charge on any atom is -0.327 e. The van der Waals surface area contributed by atoms with Gasteiger partial charge in [0.2, 0.25) is 0 Å². The maximum Gasteiger partial charge on any atom is 0.153 e. The van der Waals surface area contributed by atoms with Gasteiger partial charge in [-0.2, -0.15) is 0 Å². The summed E-state index contributed by atoms with van der Waals surface area (Å²) in [7, 11) is 0. The van der Waals surface area contributed by atoms with Gasteiger partial charge in [0.05, 0.1) is 0 Å². The third-order valence-electron chi connectivity index (χ3n) is 2.90. The molecular weight excluding hydrogens is 203 g/mol.